The molecule has 1 fully saturated rings. The highest BCUT2D eigenvalue weighted by Crippen LogP contribution is 2.32. The highest BCUT2D eigenvalue weighted by molar-refractivity contribution is 6.28. The number of nitrogens with zero attached hydrogens (tertiary/aromatic N) is 4. The van der Waals surface area contributed by atoms with E-state index in [0.717, 1.165) is 0 Å². The number of rotatable bonds is 11. The van der Waals surface area contributed by atoms with E-state index in [9.17, 15) is 19.5 Å². The average Bonchev–Trinajstić information content (AvgIpc) is 3.47. The molecule has 2 atom stereocenters. The highest BCUT2D eigenvalue weighted by Gasteiger charge is 2.30. The predicted octanol–water partition coefficient (Wildman–Crippen LogP) is 2.46. The Balaban J connectivity index is 1.64. The lowest BCUT2D eigenvalue weighted by Crippen LogP contribution is -2.34. The van der Waals surface area contributed by atoms with Gasteiger partial charge in [0.1, 0.15) is 17.6 Å². The van der Waals surface area contributed by atoms with Crippen molar-refractivity contribution >= 4 is 47.1 Å². The minimum Gasteiger partial charge on any atom is -0.498 e. The third-order valence-corrected chi connectivity index (χ3v) is 5.58. The predicted molar refractivity (Wildman–Crippen MR) is 127 cm³/mol. The summed E-state index contributed by atoms with van der Waals surface area (Å²) in [6.45, 7) is 4.31. The van der Waals surface area contributed by atoms with E-state index in [0.29, 0.717) is 18.5 Å². The molecule has 0 aromatic carbocycles. The number of aromatic nitrogens is 4. The number of halogens is 1. The number of methoxy groups -OCH3 is 1. The van der Waals surface area contributed by atoms with Gasteiger partial charge in [-0.1, -0.05) is 0 Å². The van der Waals surface area contributed by atoms with Gasteiger partial charge in [-0.15, -0.1) is 0 Å². The van der Waals surface area contributed by atoms with Crippen molar-refractivity contribution < 1.29 is 43.2 Å². The number of allylic oxidation sites excluding steroid dienone is 1. The fourth-order valence-electron chi connectivity index (χ4n) is 3.56. The maximum Gasteiger partial charge on any atom is 0.413 e. The lowest BCUT2D eigenvalue weighted by atomic mass is 10.1. The number of carbonyl (C=O) groups is 3. The summed E-state index contributed by atoms with van der Waals surface area (Å²) in [5, 5.41) is 11.7. The second kappa shape index (κ2) is 12.2. The lowest BCUT2D eigenvalue weighted by Gasteiger charge is -2.24. The van der Waals surface area contributed by atoms with E-state index in [1.165, 1.54) is 34.2 Å². The highest BCUT2D eigenvalue weighted by atomic mass is 35.5. The van der Waals surface area contributed by atoms with E-state index in [2.05, 4.69) is 20.3 Å². The Morgan fingerprint density at radius 3 is 2.76 bits per heavy atom. The van der Waals surface area contributed by atoms with Gasteiger partial charge in [0.05, 0.1) is 32.6 Å². The van der Waals surface area contributed by atoms with E-state index in [1.807, 2.05) is 0 Å². The molecule has 1 aliphatic heterocycles. The zero-order valence-corrected chi connectivity index (χ0v) is 21.5. The van der Waals surface area contributed by atoms with Crippen LogP contribution in [0.15, 0.2) is 17.8 Å². The molecular weight excluding hydrogens is 514 g/mol. The van der Waals surface area contributed by atoms with Crippen LogP contribution in [0.4, 0.5) is 10.6 Å². The summed E-state index contributed by atoms with van der Waals surface area (Å²) < 4.78 is 27.6. The molecule has 0 spiro atoms. The number of aliphatic hydroxyl groups is 1. The molecule has 0 bridgehead atoms. The Morgan fingerprint density at radius 1 is 1.35 bits per heavy atom. The van der Waals surface area contributed by atoms with Crippen LogP contribution in [0.2, 0.25) is 5.28 Å². The van der Waals surface area contributed by atoms with E-state index >= 15 is 0 Å². The molecule has 2 N–H and O–H groups in total. The third-order valence-electron chi connectivity index (χ3n) is 5.41. The minimum atomic E-state index is -1.28. The van der Waals surface area contributed by atoms with E-state index in [4.69, 9.17) is 35.3 Å². The van der Waals surface area contributed by atoms with Crippen molar-refractivity contribution in [2.75, 3.05) is 25.6 Å². The Kier molecular flexibility index (Phi) is 9.23. The van der Waals surface area contributed by atoms with Crippen molar-refractivity contribution in [3.05, 3.63) is 23.1 Å². The minimum absolute atomic E-state index is 0.00432. The van der Waals surface area contributed by atoms with Crippen molar-refractivity contribution in [1.82, 2.24) is 19.5 Å². The molecule has 14 nitrogen and oxygen atoms in total. The van der Waals surface area contributed by atoms with Crippen molar-refractivity contribution in [1.29, 1.82) is 0 Å². The molecule has 0 radical (unpaired) electrons. The van der Waals surface area contributed by atoms with Gasteiger partial charge in [-0.2, -0.15) is 9.97 Å². The van der Waals surface area contributed by atoms with Gasteiger partial charge in [0.2, 0.25) is 5.28 Å². The monoisotopic (exact) mass is 541 g/mol. The van der Waals surface area contributed by atoms with Gasteiger partial charge in [0, 0.05) is 0 Å². The van der Waals surface area contributed by atoms with Gasteiger partial charge in [-0.05, 0) is 45.2 Å². The summed E-state index contributed by atoms with van der Waals surface area (Å²) in [5.74, 6) is -0.414. The lowest BCUT2D eigenvalue weighted by molar-refractivity contribution is -0.149. The number of amides is 1. The van der Waals surface area contributed by atoms with Crippen LogP contribution in [0.5, 0.6) is 0 Å². The normalized spacial score (nSPS) is 18.2. The van der Waals surface area contributed by atoms with Crippen LogP contribution in [-0.4, -0.2) is 75.2 Å². The number of imidazole rings is 1. The molecule has 37 heavy (non-hydrogen) atoms. The number of esters is 1. The van der Waals surface area contributed by atoms with E-state index in [-0.39, 0.29) is 60.3 Å². The summed E-state index contributed by atoms with van der Waals surface area (Å²) in [6.07, 6.45) is 0.878. The number of ether oxygens (including phenoxy) is 5. The van der Waals surface area contributed by atoms with Crippen LogP contribution in [0.25, 0.3) is 11.2 Å². The maximum atomic E-state index is 12.6. The van der Waals surface area contributed by atoms with Gasteiger partial charge < -0.3 is 28.8 Å². The van der Waals surface area contributed by atoms with Gasteiger partial charge >= 0.3 is 12.1 Å². The first-order valence-corrected chi connectivity index (χ1v) is 11.6. The molecule has 1 saturated heterocycles. The molecule has 1 aliphatic rings. The van der Waals surface area contributed by atoms with Crippen LogP contribution >= 0.6 is 11.6 Å². The Morgan fingerprint density at radius 2 is 2.11 bits per heavy atom. The first-order chi connectivity index (χ1) is 17.6. The number of fused-ring (bicyclic) bond motifs is 1. The summed E-state index contributed by atoms with van der Waals surface area (Å²) >= 11 is 6.07. The van der Waals surface area contributed by atoms with Crippen molar-refractivity contribution in [3.8, 4) is 0 Å². The molecular formula is C22H28ClN5O9. The number of hydrogen-bond acceptors (Lipinski definition) is 12. The number of hydrogen-bond donors (Lipinski definition) is 2. The maximum absolute atomic E-state index is 12.6. The summed E-state index contributed by atoms with van der Waals surface area (Å²) in [4.78, 5) is 48.0. The average molecular weight is 542 g/mol. The second-order valence-electron chi connectivity index (χ2n) is 8.65. The largest absolute Gasteiger partial charge is 0.498 e. The molecule has 2 aromatic rings. The first-order valence-electron chi connectivity index (χ1n) is 11.2. The van der Waals surface area contributed by atoms with Crippen molar-refractivity contribution in [3.63, 3.8) is 0 Å². The second-order valence-corrected chi connectivity index (χ2v) is 8.99. The smallest absolute Gasteiger partial charge is 0.413 e. The van der Waals surface area contributed by atoms with E-state index in [1.54, 1.807) is 4.57 Å². The Labute approximate surface area is 216 Å². The van der Waals surface area contributed by atoms with Crippen LogP contribution in [0.3, 0.4) is 0 Å². The van der Waals surface area contributed by atoms with Gasteiger partial charge in [-0.3, -0.25) is 19.5 Å². The molecule has 202 valence electrons. The summed E-state index contributed by atoms with van der Waals surface area (Å²) in [6, 6.07) is 0. The van der Waals surface area contributed by atoms with Crippen molar-refractivity contribution in [2.45, 2.75) is 58.0 Å². The summed E-state index contributed by atoms with van der Waals surface area (Å²) in [5.41, 5.74) is -0.703. The van der Waals surface area contributed by atoms with Crippen LogP contribution in [-0.2, 0) is 33.3 Å². The van der Waals surface area contributed by atoms with Crippen molar-refractivity contribution in [2.24, 2.45) is 0 Å². The molecule has 3 heterocycles. The van der Waals surface area contributed by atoms with Crippen LogP contribution in [0.1, 0.15) is 46.3 Å². The zero-order valence-electron chi connectivity index (χ0n) is 20.7. The molecule has 2 aromatic heterocycles. The van der Waals surface area contributed by atoms with Gasteiger partial charge in [0.15, 0.2) is 29.3 Å². The first kappa shape index (κ1) is 28.1. The summed E-state index contributed by atoms with van der Waals surface area (Å²) in [7, 11) is 1.37. The Bertz CT molecular complexity index is 1180. The molecule has 1 amide bonds. The molecule has 15 heteroatoms. The number of nitrogens with one attached hydrogen (secondary N) is 1. The molecule has 0 aliphatic carbocycles. The number of aliphatic hydroxyl groups excluding tert-OH is 1. The van der Waals surface area contributed by atoms with Crippen LogP contribution < -0.4 is 5.32 Å². The fraction of sp³-hybridized carbons (Fsp3) is 0.545. The SMILES string of the molecule is CO/C(C)=C(/COC(=O)CC(C)(C)OC(=O)Nc1nc(Cl)nc2c1ncn2C1CCC(CO)O1)OC=O. The third kappa shape index (κ3) is 7.27. The standard InChI is InChI=1S/C22H28ClN5O9/c1-12(33-4)14(35-11-30)9-34-16(31)7-22(2,3)37-21(32)26-18-17-19(27-20(23)25-18)28(10-24-17)15-6-5-13(8-29)36-15/h10-11,13,15,29H,5-9H2,1-4H3,(H,25,26,27,32)/b14-12-. The number of anilines is 1. The molecule has 3 rings (SSSR count). The fourth-order valence-corrected chi connectivity index (χ4v) is 3.72. The Hall–Kier alpha value is -3.49. The molecule has 2 unspecified atom stereocenters. The van der Waals surface area contributed by atoms with Gasteiger partial charge in [-0.25, -0.2) is 9.78 Å². The van der Waals surface area contributed by atoms with Crippen LogP contribution in [0, 0.1) is 0 Å². The molecule has 0 saturated carbocycles. The topological polar surface area (TPSA) is 173 Å². The van der Waals surface area contributed by atoms with E-state index < -0.39 is 23.9 Å². The zero-order chi connectivity index (χ0) is 27.2. The number of carbonyl (C=O) groups excluding carboxylic acids is 3. The van der Waals surface area contributed by atoms with Gasteiger partial charge in [0.25, 0.3) is 6.47 Å². The quantitative estimate of drug-likeness (QED) is 0.140.